The Morgan fingerprint density at radius 1 is 0.645 bits per heavy atom. The minimum Gasteiger partial charge on any atom is -0.323 e. The van der Waals surface area contributed by atoms with Gasteiger partial charge in [0.05, 0.1) is 5.02 Å². The highest BCUT2D eigenvalue weighted by molar-refractivity contribution is 6.32. The molecule has 31 heavy (non-hydrogen) atoms. The smallest absolute Gasteiger partial charge is 0.247 e. The van der Waals surface area contributed by atoms with Gasteiger partial charge >= 0.3 is 0 Å². The van der Waals surface area contributed by atoms with Gasteiger partial charge in [0.1, 0.15) is 27.8 Å². The number of anilines is 2. The van der Waals surface area contributed by atoms with E-state index < -0.39 is 0 Å². The molecule has 0 spiro atoms. The standard InChI is InChI=1S/C23H14ClN7/c24-17-12-6-7-13-18(17)31-29-20-16-11-5-4-10-15(16)19-21(22(20)30-31)27-28-23(26-19)25-14-8-2-1-3-9-14/h1-13H,(H,25,26,28). The zero-order valence-corrected chi connectivity index (χ0v) is 16.8. The van der Waals surface area contributed by atoms with E-state index >= 15 is 0 Å². The Kier molecular flexibility index (Phi) is 4.00. The van der Waals surface area contributed by atoms with Gasteiger partial charge in [-0.15, -0.1) is 25.2 Å². The molecule has 0 saturated heterocycles. The predicted molar refractivity (Wildman–Crippen MR) is 122 cm³/mol. The van der Waals surface area contributed by atoms with E-state index in [9.17, 15) is 0 Å². The molecule has 2 heterocycles. The van der Waals surface area contributed by atoms with Gasteiger partial charge < -0.3 is 5.32 Å². The highest BCUT2D eigenvalue weighted by atomic mass is 35.5. The van der Waals surface area contributed by atoms with Gasteiger partial charge in [0.2, 0.25) is 5.95 Å². The third-order valence-electron chi connectivity index (χ3n) is 5.06. The van der Waals surface area contributed by atoms with Crippen LogP contribution in [0.1, 0.15) is 0 Å². The Bertz CT molecular complexity index is 1580. The molecule has 0 aliphatic carbocycles. The quantitative estimate of drug-likeness (QED) is 0.388. The van der Waals surface area contributed by atoms with Gasteiger partial charge in [-0.25, -0.2) is 4.98 Å². The van der Waals surface area contributed by atoms with Crippen LogP contribution < -0.4 is 5.32 Å². The van der Waals surface area contributed by atoms with Gasteiger partial charge in [-0.1, -0.05) is 66.2 Å². The van der Waals surface area contributed by atoms with Crippen LogP contribution in [0.4, 0.5) is 11.6 Å². The van der Waals surface area contributed by atoms with Gasteiger partial charge in [0, 0.05) is 16.5 Å². The summed E-state index contributed by atoms with van der Waals surface area (Å²) in [5, 5.41) is 23.8. The van der Waals surface area contributed by atoms with Crippen molar-refractivity contribution in [2.45, 2.75) is 0 Å². The minimum absolute atomic E-state index is 0.418. The number of hydrogen-bond donors (Lipinski definition) is 1. The van der Waals surface area contributed by atoms with Crippen molar-refractivity contribution in [2.75, 3.05) is 5.32 Å². The summed E-state index contributed by atoms with van der Waals surface area (Å²) < 4.78 is 0. The first kappa shape index (κ1) is 17.7. The van der Waals surface area contributed by atoms with Crippen molar-refractivity contribution in [2.24, 2.45) is 0 Å². The second-order valence-electron chi connectivity index (χ2n) is 7.01. The Morgan fingerprint density at radius 3 is 2.13 bits per heavy atom. The molecule has 0 unspecified atom stereocenters. The van der Waals surface area contributed by atoms with Gasteiger partial charge in [0.25, 0.3) is 0 Å². The Labute approximate surface area is 181 Å². The number of rotatable bonds is 3. The predicted octanol–water partition coefficient (Wildman–Crippen LogP) is 5.31. The number of hydrogen-bond acceptors (Lipinski definition) is 6. The van der Waals surface area contributed by atoms with Crippen molar-refractivity contribution in [3.8, 4) is 5.69 Å². The SMILES string of the molecule is Clc1ccccc1-n1nc2c3ccccc3c3nc(Nc4ccccc4)nnc3c2n1. The third-order valence-corrected chi connectivity index (χ3v) is 5.38. The molecule has 0 fully saturated rings. The molecule has 7 nitrogen and oxygen atoms in total. The monoisotopic (exact) mass is 423 g/mol. The van der Waals surface area contributed by atoms with Crippen molar-refractivity contribution in [1.29, 1.82) is 0 Å². The molecule has 8 heteroatoms. The molecule has 2 aromatic heterocycles. The number of para-hydroxylation sites is 2. The largest absolute Gasteiger partial charge is 0.323 e. The van der Waals surface area contributed by atoms with Crippen molar-refractivity contribution in [1.82, 2.24) is 30.2 Å². The average Bonchev–Trinajstić information content (AvgIpc) is 3.26. The summed E-state index contributed by atoms with van der Waals surface area (Å²) in [6.07, 6.45) is 0. The van der Waals surface area contributed by atoms with E-state index in [2.05, 4.69) is 15.5 Å². The molecule has 0 atom stereocenters. The molecule has 0 saturated carbocycles. The maximum absolute atomic E-state index is 6.37. The van der Waals surface area contributed by atoms with E-state index in [1.54, 1.807) is 0 Å². The van der Waals surface area contributed by atoms with Crippen LogP contribution in [0.25, 0.3) is 38.5 Å². The van der Waals surface area contributed by atoms with E-state index in [-0.39, 0.29) is 0 Å². The summed E-state index contributed by atoms with van der Waals surface area (Å²) in [5.74, 6) is 0.418. The maximum Gasteiger partial charge on any atom is 0.247 e. The molecule has 0 aliphatic rings. The Morgan fingerprint density at radius 2 is 1.32 bits per heavy atom. The van der Waals surface area contributed by atoms with Gasteiger partial charge in [0.15, 0.2) is 0 Å². The van der Waals surface area contributed by atoms with Gasteiger partial charge in [-0.05, 0) is 24.3 Å². The fraction of sp³-hybridized carbons (Fsp3) is 0. The number of fused-ring (bicyclic) bond motifs is 6. The van der Waals surface area contributed by atoms with Crippen molar-refractivity contribution >= 4 is 56.1 Å². The average molecular weight is 424 g/mol. The first-order valence-corrected chi connectivity index (χ1v) is 10.0. The summed E-state index contributed by atoms with van der Waals surface area (Å²) in [4.78, 5) is 6.30. The number of nitrogens with zero attached hydrogens (tertiary/aromatic N) is 6. The van der Waals surface area contributed by atoms with Crippen molar-refractivity contribution in [3.63, 3.8) is 0 Å². The number of benzene rings is 4. The molecule has 6 rings (SSSR count). The fourth-order valence-corrected chi connectivity index (χ4v) is 3.85. The molecule has 1 N–H and O–H groups in total. The van der Waals surface area contributed by atoms with Gasteiger partial charge in [-0.2, -0.15) is 0 Å². The molecular formula is C23H14ClN7. The van der Waals surface area contributed by atoms with Crippen LogP contribution in [0.5, 0.6) is 0 Å². The van der Waals surface area contributed by atoms with Crippen LogP contribution in [0.3, 0.4) is 0 Å². The van der Waals surface area contributed by atoms with Crippen LogP contribution in [0.15, 0.2) is 78.9 Å². The van der Waals surface area contributed by atoms with Crippen molar-refractivity contribution < 1.29 is 0 Å². The van der Waals surface area contributed by atoms with E-state index in [0.29, 0.717) is 33.2 Å². The topological polar surface area (TPSA) is 81.4 Å². The Balaban J connectivity index is 1.62. The lowest BCUT2D eigenvalue weighted by Crippen LogP contribution is -2.00. The molecule has 0 aliphatic heterocycles. The first-order valence-electron chi connectivity index (χ1n) is 9.67. The fourth-order valence-electron chi connectivity index (χ4n) is 3.64. The summed E-state index contributed by atoms with van der Waals surface area (Å²) in [6, 6.07) is 25.2. The molecule has 4 aromatic carbocycles. The first-order chi connectivity index (χ1) is 15.3. The van der Waals surface area contributed by atoms with Crippen molar-refractivity contribution in [3.05, 3.63) is 83.9 Å². The molecule has 0 radical (unpaired) electrons. The molecule has 148 valence electrons. The molecular weight excluding hydrogens is 410 g/mol. The number of aromatic nitrogens is 6. The molecule has 6 aromatic rings. The number of nitrogens with one attached hydrogen (secondary N) is 1. The zero-order chi connectivity index (χ0) is 20.8. The van der Waals surface area contributed by atoms with E-state index in [4.69, 9.17) is 26.8 Å². The van der Waals surface area contributed by atoms with Crippen LogP contribution in [-0.4, -0.2) is 30.2 Å². The van der Waals surface area contributed by atoms with E-state index in [1.807, 2.05) is 78.9 Å². The summed E-state index contributed by atoms with van der Waals surface area (Å²) in [5.41, 5.74) is 4.23. The molecule has 0 amide bonds. The summed E-state index contributed by atoms with van der Waals surface area (Å²) in [7, 11) is 0. The highest BCUT2D eigenvalue weighted by Gasteiger charge is 2.18. The lowest BCUT2D eigenvalue weighted by molar-refractivity contribution is 0.766. The van der Waals surface area contributed by atoms with Gasteiger partial charge in [-0.3, -0.25) is 0 Å². The third kappa shape index (κ3) is 2.94. The highest BCUT2D eigenvalue weighted by Crippen LogP contribution is 2.32. The van der Waals surface area contributed by atoms with E-state index in [1.165, 1.54) is 4.80 Å². The number of halogens is 1. The normalized spacial score (nSPS) is 11.4. The zero-order valence-electron chi connectivity index (χ0n) is 16.1. The summed E-state index contributed by atoms with van der Waals surface area (Å²) in [6.45, 7) is 0. The van der Waals surface area contributed by atoms with Crippen LogP contribution in [0, 0.1) is 0 Å². The molecule has 0 bridgehead atoms. The summed E-state index contributed by atoms with van der Waals surface area (Å²) >= 11 is 6.37. The lowest BCUT2D eigenvalue weighted by Gasteiger charge is -2.07. The van der Waals surface area contributed by atoms with E-state index in [0.717, 1.165) is 22.0 Å². The lowest BCUT2D eigenvalue weighted by atomic mass is 10.1. The Hall–Kier alpha value is -4.10. The maximum atomic E-state index is 6.37. The second-order valence-corrected chi connectivity index (χ2v) is 7.41. The second kappa shape index (κ2) is 7.00. The van der Waals surface area contributed by atoms with Crippen LogP contribution >= 0.6 is 11.6 Å². The van der Waals surface area contributed by atoms with Crippen LogP contribution in [-0.2, 0) is 0 Å². The van der Waals surface area contributed by atoms with Crippen LogP contribution in [0.2, 0.25) is 5.02 Å². The minimum atomic E-state index is 0.418.